The van der Waals surface area contributed by atoms with Crippen LogP contribution < -0.4 is 10.1 Å². The molecule has 1 fully saturated rings. The van der Waals surface area contributed by atoms with Gasteiger partial charge in [-0.15, -0.1) is 0 Å². The largest absolute Gasteiger partial charge is 0.490 e. The third-order valence-electron chi connectivity index (χ3n) is 3.37. The Morgan fingerprint density at radius 2 is 2.11 bits per heavy atom. The number of aromatic nitrogens is 1. The predicted molar refractivity (Wildman–Crippen MR) is 75.3 cm³/mol. The Kier molecular flexibility index (Phi) is 5.16. The van der Waals surface area contributed by atoms with Crippen molar-refractivity contribution in [2.75, 3.05) is 6.54 Å². The molecular weight excluding hydrogens is 240 g/mol. The van der Waals surface area contributed by atoms with Gasteiger partial charge >= 0.3 is 0 Å². The van der Waals surface area contributed by atoms with Gasteiger partial charge in [0.05, 0.1) is 12.2 Å². The van der Waals surface area contributed by atoms with E-state index in [0.717, 1.165) is 37.2 Å². The normalized spacial score (nSPS) is 27.2. The standard InChI is InChI=1S/C15H24N2O2/c1-4-16-9-13-10-17-6-5-15(13)19-14-7-11(2)18-12(3)8-14/h5-6,10-12,14,16H,4,7-9H2,1-3H3. The fourth-order valence-electron chi connectivity index (χ4n) is 2.54. The van der Waals surface area contributed by atoms with Crippen LogP contribution in [0.25, 0.3) is 0 Å². The third-order valence-corrected chi connectivity index (χ3v) is 3.37. The maximum atomic E-state index is 6.16. The molecule has 1 saturated heterocycles. The van der Waals surface area contributed by atoms with E-state index in [0.29, 0.717) is 0 Å². The molecule has 4 heteroatoms. The van der Waals surface area contributed by atoms with E-state index in [4.69, 9.17) is 9.47 Å². The van der Waals surface area contributed by atoms with Crippen molar-refractivity contribution in [3.63, 3.8) is 0 Å². The molecule has 2 heterocycles. The van der Waals surface area contributed by atoms with E-state index in [2.05, 4.69) is 31.1 Å². The zero-order valence-electron chi connectivity index (χ0n) is 12.1. The molecule has 0 spiro atoms. The molecule has 1 aliphatic rings. The van der Waals surface area contributed by atoms with Gasteiger partial charge in [-0.25, -0.2) is 0 Å². The van der Waals surface area contributed by atoms with Crippen LogP contribution in [0.1, 0.15) is 39.2 Å². The van der Waals surface area contributed by atoms with Crippen LogP contribution in [-0.4, -0.2) is 29.8 Å². The average Bonchev–Trinajstić information content (AvgIpc) is 2.36. The Morgan fingerprint density at radius 1 is 1.37 bits per heavy atom. The van der Waals surface area contributed by atoms with E-state index in [9.17, 15) is 0 Å². The summed E-state index contributed by atoms with van der Waals surface area (Å²) in [5, 5.41) is 3.32. The molecule has 2 rings (SSSR count). The van der Waals surface area contributed by atoms with Gasteiger partial charge in [-0.3, -0.25) is 4.98 Å². The number of hydrogen-bond acceptors (Lipinski definition) is 4. The molecule has 1 aromatic heterocycles. The lowest BCUT2D eigenvalue weighted by atomic mass is 10.0. The summed E-state index contributed by atoms with van der Waals surface area (Å²) in [4.78, 5) is 4.18. The highest BCUT2D eigenvalue weighted by atomic mass is 16.5. The number of ether oxygens (including phenoxy) is 2. The van der Waals surface area contributed by atoms with Gasteiger partial charge in [0, 0.05) is 37.3 Å². The molecule has 0 radical (unpaired) electrons. The number of nitrogens with one attached hydrogen (secondary N) is 1. The molecule has 1 aromatic rings. The molecule has 2 unspecified atom stereocenters. The highest BCUT2D eigenvalue weighted by Crippen LogP contribution is 2.26. The quantitative estimate of drug-likeness (QED) is 0.887. The first kappa shape index (κ1) is 14.3. The van der Waals surface area contributed by atoms with Crippen molar-refractivity contribution in [2.45, 2.75) is 58.5 Å². The molecule has 1 aliphatic heterocycles. The van der Waals surface area contributed by atoms with E-state index >= 15 is 0 Å². The van der Waals surface area contributed by atoms with Gasteiger partial charge in [0.2, 0.25) is 0 Å². The molecule has 106 valence electrons. The van der Waals surface area contributed by atoms with Crippen LogP contribution >= 0.6 is 0 Å². The Balaban J connectivity index is 2.01. The second-order valence-electron chi connectivity index (χ2n) is 5.23. The summed E-state index contributed by atoms with van der Waals surface area (Å²) in [6.07, 6.45) is 6.35. The predicted octanol–water partition coefficient (Wildman–Crippen LogP) is 2.53. The molecule has 0 amide bonds. The second kappa shape index (κ2) is 6.87. The van der Waals surface area contributed by atoms with E-state index in [1.807, 2.05) is 12.3 Å². The monoisotopic (exact) mass is 264 g/mol. The van der Waals surface area contributed by atoms with Gasteiger partial charge in [0.15, 0.2) is 0 Å². The van der Waals surface area contributed by atoms with Gasteiger partial charge < -0.3 is 14.8 Å². The van der Waals surface area contributed by atoms with Crippen molar-refractivity contribution in [1.82, 2.24) is 10.3 Å². The van der Waals surface area contributed by atoms with Crippen LogP contribution in [0.3, 0.4) is 0 Å². The molecule has 19 heavy (non-hydrogen) atoms. The van der Waals surface area contributed by atoms with Crippen molar-refractivity contribution in [2.24, 2.45) is 0 Å². The summed E-state index contributed by atoms with van der Waals surface area (Å²) in [5.74, 6) is 0.947. The number of nitrogens with zero attached hydrogens (tertiary/aromatic N) is 1. The molecule has 0 aliphatic carbocycles. The number of pyridine rings is 1. The number of rotatable bonds is 5. The van der Waals surface area contributed by atoms with E-state index in [1.54, 1.807) is 6.20 Å². The summed E-state index contributed by atoms with van der Waals surface area (Å²) < 4.78 is 11.9. The maximum Gasteiger partial charge on any atom is 0.127 e. The first-order valence-electron chi connectivity index (χ1n) is 7.14. The topological polar surface area (TPSA) is 43.4 Å². The van der Waals surface area contributed by atoms with Gasteiger partial charge in [0.1, 0.15) is 11.9 Å². The van der Waals surface area contributed by atoms with E-state index < -0.39 is 0 Å². The minimum atomic E-state index is 0.238. The molecule has 4 nitrogen and oxygen atoms in total. The van der Waals surface area contributed by atoms with Gasteiger partial charge in [-0.2, -0.15) is 0 Å². The van der Waals surface area contributed by atoms with Crippen LogP contribution in [-0.2, 0) is 11.3 Å². The lowest BCUT2D eigenvalue weighted by Gasteiger charge is -2.32. The van der Waals surface area contributed by atoms with Crippen LogP contribution in [0.4, 0.5) is 0 Å². The lowest BCUT2D eigenvalue weighted by Crippen LogP contribution is -2.36. The maximum absolute atomic E-state index is 6.16. The van der Waals surface area contributed by atoms with Crippen molar-refractivity contribution < 1.29 is 9.47 Å². The minimum Gasteiger partial charge on any atom is -0.490 e. The summed E-state index contributed by atoms with van der Waals surface area (Å²) in [6, 6.07) is 1.96. The Hall–Kier alpha value is -1.13. The lowest BCUT2D eigenvalue weighted by molar-refractivity contribution is -0.0723. The molecule has 2 atom stereocenters. The Labute approximate surface area is 115 Å². The van der Waals surface area contributed by atoms with Crippen molar-refractivity contribution in [3.05, 3.63) is 24.0 Å². The van der Waals surface area contributed by atoms with Gasteiger partial charge in [-0.05, 0) is 26.5 Å². The fraction of sp³-hybridized carbons (Fsp3) is 0.667. The zero-order chi connectivity index (χ0) is 13.7. The Morgan fingerprint density at radius 3 is 2.79 bits per heavy atom. The van der Waals surface area contributed by atoms with Gasteiger partial charge in [-0.1, -0.05) is 6.92 Å². The molecule has 0 aromatic carbocycles. The average molecular weight is 264 g/mol. The molecule has 0 bridgehead atoms. The molecular formula is C15H24N2O2. The van der Waals surface area contributed by atoms with Crippen molar-refractivity contribution in [1.29, 1.82) is 0 Å². The first-order valence-corrected chi connectivity index (χ1v) is 7.14. The highest BCUT2D eigenvalue weighted by molar-refractivity contribution is 5.30. The summed E-state index contributed by atoms with van der Waals surface area (Å²) in [5.41, 5.74) is 1.12. The molecule has 1 N–H and O–H groups in total. The van der Waals surface area contributed by atoms with E-state index in [-0.39, 0.29) is 18.3 Å². The summed E-state index contributed by atoms with van der Waals surface area (Å²) >= 11 is 0. The first-order chi connectivity index (χ1) is 9.19. The molecule has 0 saturated carbocycles. The smallest absolute Gasteiger partial charge is 0.127 e. The van der Waals surface area contributed by atoms with Crippen LogP contribution in [0.15, 0.2) is 18.5 Å². The van der Waals surface area contributed by atoms with Crippen molar-refractivity contribution in [3.8, 4) is 5.75 Å². The zero-order valence-corrected chi connectivity index (χ0v) is 12.1. The number of hydrogen-bond donors (Lipinski definition) is 1. The fourth-order valence-corrected chi connectivity index (χ4v) is 2.54. The van der Waals surface area contributed by atoms with E-state index in [1.165, 1.54) is 0 Å². The summed E-state index contributed by atoms with van der Waals surface area (Å²) in [7, 11) is 0. The highest BCUT2D eigenvalue weighted by Gasteiger charge is 2.26. The SMILES string of the molecule is CCNCc1cnccc1OC1CC(C)OC(C)C1. The summed E-state index contributed by atoms with van der Waals surface area (Å²) in [6.45, 7) is 8.06. The minimum absolute atomic E-state index is 0.238. The third kappa shape index (κ3) is 4.18. The van der Waals surface area contributed by atoms with Crippen LogP contribution in [0.5, 0.6) is 5.75 Å². The second-order valence-corrected chi connectivity index (χ2v) is 5.23. The Bertz CT molecular complexity index is 387. The van der Waals surface area contributed by atoms with Crippen molar-refractivity contribution >= 4 is 0 Å². The van der Waals surface area contributed by atoms with Gasteiger partial charge in [0.25, 0.3) is 0 Å². The van der Waals surface area contributed by atoms with Crippen LogP contribution in [0, 0.1) is 0 Å². The van der Waals surface area contributed by atoms with Crippen LogP contribution in [0.2, 0.25) is 0 Å².